The van der Waals surface area contributed by atoms with E-state index in [0.717, 1.165) is 0 Å². The Bertz CT molecular complexity index is 1190. The topological polar surface area (TPSA) is 108 Å². The van der Waals surface area contributed by atoms with Gasteiger partial charge in [0.15, 0.2) is 0 Å². The summed E-state index contributed by atoms with van der Waals surface area (Å²) in [6.07, 6.45) is 0. The van der Waals surface area contributed by atoms with Gasteiger partial charge in [-0.1, -0.05) is 47.1 Å². The summed E-state index contributed by atoms with van der Waals surface area (Å²) in [6, 6.07) is 19.1. The smallest absolute Gasteiger partial charge is 0.261 e. The molecule has 0 saturated heterocycles. The van der Waals surface area contributed by atoms with Crippen molar-refractivity contribution >= 4 is 44.6 Å². The first-order valence-electron chi connectivity index (χ1n) is 8.78. The van der Waals surface area contributed by atoms with Gasteiger partial charge in [-0.15, -0.1) is 0 Å². The number of nitrogens with one attached hydrogen (secondary N) is 2. The molecule has 1 amide bonds. The van der Waals surface area contributed by atoms with Gasteiger partial charge in [0.25, 0.3) is 10.0 Å². The van der Waals surface area contributed by atoms with E-state index in [4.69, 9.17) is 11.6 Å². The van der Waals surface area contributed by atoms with Crippen molar-refractivity contribution < 1.29 is 18.4 Å². The Hall–Kier alpha value is -3.36. The highest BCUT2D eigenvalue weighted by Crippen LogP contribution is 2.27. The summed E-state index contributed by atoms with van der Waals surface area (Å²) >= 11 is 6.10. The minimum absolute atomic E-state index is 0.000277. The molecule has 154 valence electrons. The normalized spacial score (nSPS) is 11.7. The summed E-state index contributed by atoms with van der Waals surface area (Å²) in [5.74, 6) is -0.258. The predicted octanol–water partition coefficient (Wildman–Crippen LogP) is 4.33. The van der Waals surface area contributed by atoms with Crippen molar-refractivity contribution in [3.63, 3.8) is 0 Å². The van der Waals surface area contributed by atoms with Gasteiger partial charge >= 0.3 is 0 Å². The van der Waals surface area contributed by atoms with Crippen LogP contribution in [0.1, 0.15) is 18.1 Å². The van der Waals surface area contributed by atoms with Gasteiger partial charge in [-0.3, -0.25) is 9.52 Å². The van der Waals surface area contributed by atoms with Gasteiger partial charge < -0.3 is 10.5 Å². The van der Waals surface area contributed by atoms with Gasteiger partial charge in [0, 0.05) is 28.8 Å². The maximum atomic E-state index is 12.9. The molecule has 0 bridgehead atoms. The van der Waals surface area contributed by atoms with Crippen LogP contribution < -0.4 is 10.0 Å². The summed E-state index contributed by atoms with van der Waals surface area (Å²) in [6.45, 7) is 1.36. The van der Waals surface area contributed by atoms with E-state index in [0.29, 0.717) is 21.8 Å². The highest BCUT2D eigenvalue weighted by Gasteiger charge is 2.20. The van der Waals surface area contributed by atoms with Gasteiger partial charge in [0.05, 0.1) is 10.6 Å². The van der Waals surface area contributed by atoms with E-state index in [1.807, 2.05) is 6.07 Å². The zero-order valence-electron chi connectivity index (χ0n) is 15.8. The summed E-state index contributed by atoms with van der Waals surface area (Å²) in [7, 11) is -3.96. The molecule has 0 unspecified atom stereocenters. The number of sulfonamides is 1. The molecule has 0 radical (unpaired) electrons. The SMILES string of the molecule is CC(=O)Nc1ccc(S(=O)(=O)Nc2ccc(Cl)cc2C(=NO)c2ccccc2)cc1. The molecule has 0 heterocycles. The number of amides is 1. The number of hydrogen-bond donors (Lipinski definition) is 3. The predicted molar refractivity (Wildman–Crippen MR) is 117 cm³/mol. The average Bonchev–Trinajstić information content (AvgIpc) is 2.71. The lowest BCUT2D eigenvalue weighted by molar-refractivity contribution is -0.114. The molecule has 0 aliphatic carbocycles. The minimum atomic E-state index is -3.96. The summed E-state index contributed by atoms with van der Waals surface area (Å²) in [5, 5.41) is 15.9. The number of benzene rings is 3. The van der Waals surface area contributed by atoms with Gasteiger partial charge in [-0.2, -0.15) is 0 Å². The third-order valence-corrected chi connectivity index (χ3v) is 5.73. The van der Waals surface area contributed by atoms with Crippen LogP contribution in [0.15, 0.2) is 82.8 Å². The molecule has 0 aromatic heterocycles. The van der Waals surface area contributed by atoms with Gasteiger partial charge in [-0.05, 0) is 42.5 Å². The summed E-state index contributed by atoms with van der Waals surface area (Å²) in [4.78, 5) is 11.1. The van der Waals surface area contributed by atoms with Crippen LogP contribution in [0.2, 0.25) is 5.02 Å². The van der Waals surface area contributed by atoms with E-state index in [9.17, 15) is 18.4 Å². The number of carbonyl (C=O) groups is 1. The number of halogens is 1. The Morgan fingerprint density at radius 1 is 1.00 bits per heavy atom. The first kappa shape index (κ1) is 21.4. The first-order chi connectivity index (χ1) is 14.3. The van der Waals surface area contributed by atoms with E-state index in [1.165, 1.54) is 49.4 Å². The van der Waals surface area contributed by atoms with Crippen molar-refractivity contribution in [3.8, 4) is 0 Å². The van der Waals surface area contributed by atoms with Crippen molar-refractivity contribution in [1.29, 1.82) is 0 Å². The molecule has 3 aromatic rings. The van der Waals surface area contributed by atoms with Crippen LogP contribution in [-0.2, 0) is 14.8 Å². The Morgan fingerprint density at radius 2 is 1.67 bits per heavy atom. The fraction of sp³-hybridized carbons (Fsp3) is 0.0476. The number of nitrogens with zero attached hydrogens (tertiary/aromatic N) is 1. The average molecular weight is 444 g/mol. The lowest BCUT2D eigenvalue weighted by Gasteiger charge is -2.14. The number of oxime groups is 1. The lowest BCUT2D eigenvalue weighted by atomic mass is 10.0. The second kappa shape index (κ2) is 8.98. The molecule has 3 N–H and O–H groups in total. The highest BCUT2D eigenvalue weighted by molar-refractivity contribution is 7.92. The molecule has 30 heavy (non-hydrogen) atoms. The summed E-state index contributed by atoms with van der Waals surface area (Å²) in [5.41, 5.74) is 1.74. The molecule has 3 rings (SSSR count). The molecule has 3 aromatic carbocycles. The zero-order valence-corrected chi connectivity index (χ0v) is 17.4. The van der Waals surface area contributed by atoms with Crippen LogP contribution in [0.25, 0.3) is 0 Å². The maximum absolute atomic E-state index is 12.9. The van der Waals surface area contributed by atoms with Crippen LogP contribution in [0.5, 0.6) is 0 Å². The molecule has 0 fully saturated rings. The van der Waals surface area contributed by atoms with Gasteiger partial charge in [0.2, 0.25) is 5.91 Å². The fourth-order valence-electron chi connectivity index (χ4n) is 2.79. The van der Waals surface area contributed by atoms with E-state index < -0.39 is 10.0 Å². The molecule has 0 aliphatic heterocycles. The molecule has 0 saturated carbocycles. The molecule has 0 spiro atoms. The van der Waals surface area contributed by atoms with E-state index >= 15 is 0 Å². The third-order valence-electron chi connectivity index (χ3n) is 4.11. The maximum Gasteiger partial charge on any atom is 0.261 e. The lowest BCUT2D eigenvalue weighted by Crippen LogP contribution is -2.16. The quantitative estimate of drug-likeness (QED) is 0.299. The minimum Gasteiger partial charge on any atom is -0.410 e. The zero-order chi connectivity index (χ0) is 21.7. The Kier molecular flexibility index (Phi) is 6.39. The Balaban J connectivity index is 1.98. The highest BCUT2D eigenvalue weighted by atomic mass is 35.5. The monoisotopic (exact) mass is 443 g/mol. The Labute approximate surface area is 179 Å². The van der Waals surface area contributed by atoms with Crippen molar-refractivity contribution in [1.82, 2.24) is 0 Å². The van der Waals surface area contributed by atoms with Crippen molar-refractivity contribution in [2.45, 2.75) is 11.8 Å². The van der Waals surface area contributed by atoms with Crippen LogP contribution in [0.4, 0.5) is 11.4 Å². The van der Waals surface area contributed by atoms with Crippen LogP contribution in [0.3, 0.4) is 0 Å². The van der Waals surface area contributed by atoms with Gasteiger partial charge in [0.1, 0.15) is 5.71 Å². The molecular formula is C21H18ClN3O4S. The number of rotatable bonds is 6. The first-order valence-corrected chi connectivity index (χ1v) is 10.6. The van der Waals surface area contributed by atoms with Crippen LogP contribution in [0, 0.1) is 0 Å². The number of hydrogen-bond acceptors (Lipinski definition) is 5. The largest absolute Gasteiger partial charge is 0.410 e. The second-order valence-corrected chi connectivity index (χ2v) is 8.43. The number of anilines is 2. The van der Waals surface area contributed by atoms with Crippen molar-refractivity contribution in [3.05, 3.63) is 88.9 Å². The van der Waals surface area contributed by atoms with Crippen molar-refractivity contribution in [2.75, 3.05) is 10.0 Å². The van der Waals surface area contributed by atoms with Crippen molar-refractivity contribution in [2.24, 2.45) is 5.16 Å². The molecule has 9 heteroatoms. The molecule has 0 aliphatic rings. The van der Waals surface area contributed by atoms with Crippen LogP contribution in [-0.4, -0.2) is 25.2 Å². The fourth-order valence-corrected chi connectivity index (χ4v) is 4.04. The number of carbonyl (C=O) groups excluding carboxylic acids is 1. The Morgan fingerprint density at radius 3 is 2.27 bits per heavy atom. The molecule has 0 atom stereocenters. The molecule has 7 nitrogen and oxygen atoms in total. The van der Waals surface area contributed by atoms with Crippen LogP contribution >= 0.6 is 11.6 Å². The van der Waals surface area contributed by atoms with E-state index in [2.05, 4.69) is 15.2 Å². The molecular weight excluding hydrogens is 426 g/mol. The standard InChI is InChI=1S/C21H18ClN3O4S/c1-14(26)23-17-8-10-18(11-9-17)30(28,29)25-20-12-7-16(22)13-19(20)21(24-27)15-5-3-2-4-6-15/h2-13,25,27H,1H3,(H,23,26). The van der Waals surface area contributed by atoms with E-state index in [-0.39, 0.29) is 22.2 Å². The third kappa shape index (κ3) is 4.97. The van der Waals surface area contributed by atoms with Gasteiger partial charge in [-0.25, -0.2) is 8.42 Å². The second-order valence-electron chi connectivity index (χ2n) is 6.32. The summed E-state index contributed by atoms with van der Waals surface area (Å²) < 4.78 is 28.3. The van der Waals surface area contributed by atoms with E-state index in [1.54, 1.807) is 24.3 Å².